The van der Waals surface area contributed by atoms with Gasteiger partial charge in [-0.25, -0.2) is 5.90 Å². The summed E-state index contributed by atoms with van der Waals surface area (Å²) in [6.45, 7) is 0.807. The van der Waals surface area contributed by atoms with E-state index in [0.717, 1.165) is 11.3 Å². The van der Waals surface area contributed by atoms with Gasteiger partial charge < -0.3 is 0 Å². The van der Waals surface area contributed by atoms with Gasteiger partial charge in [-0.2, -0.15) is 5.06 Å². The number of hydrogen-bond acceptors (Lipinski definition) is 4. The van der Waals surface area contributed by atoms with Crippen LogP contribution in [0.4, 0.5) is 5.69 Å². The first-order chi connectivity index (χ1) is 7.31. The van der Waals surface area contributed by atoms with Crippen molar-refractivity contribution in [2.45, 2.75) is 13.0 Å². The minimum absolute atomic E-state index is 0.0159. The minimum Gasteiger partial charge on any atom is -0.300 e. The third-order valence-electron chi connectivity index (χ3n) is 2.18. The van der Waals surface area contributed by atoms with Crippen molar-refractivity contribution in [3.05, 3.63) is 29.8 Å². The van der Waals surface area contributed by atoms with Crippen LogP contribution in [0.2, 0.25) is 0 Å². The summed E-state index contributed by atoms with van der Waals surface area (Å²) in [6.07, 6.45) is 0.438. The fraction of sp³-hybridized carbons (Fsp3) is 0.300. The largest absolute Gasteiger partial charge is 0.300 e. The number of anilines is 1. The minimum atomic E-state index is -0.0159. The van der Waals surface area contributed by atoms with Crippen LogP contribution < -0.4 is 11.0 Å². The van der Waals surface area contributed by atoms with Crippen LogP contribution in [-0.4, -0.2) is 12.5 Å². The van der Waals surface area contributed by atoms with E-state index >= 15 is 0 Å². The zero-order valence-electron chi connectivity index (χ0n) is 8.18. The number of hydrogen-bond donors (Lipinski definition) is 1. The summed E-state index contributed by atoms with van der Waals surface area (Å²) in [5.74, 6) is 4.94. The van der Waals surface area contributed by atoms with Crippen molar-refractivity contribution in [2.24, 2.45) is 5.90 Å². The molecule has 1 aliphatic rings. The summed E-state index contributed by atoms with van der Waals surface area (Å²) >= 11 is 0. The van der Waals surface area contributed by atoms with E-state index in [9.17, 15) is 4.79 Å². The van der Waals surface area contributed by atoms with Crippen LogP contribution in [-0.2, 0) is 21.1 Å². The highest BCUT2D eigenvalue weighted by atomic mass is 16.7. The van der Waals surface area contributed by atoms with E-state index in [1.807, 2.05) is 12.1 Å². The Balaban J connectivity index is 2.12. The molecule has 1 saturated heterocycles. The van der Waals surface area contributed by atoms with Crippen LogP contribution in [0.15, 0.2) is 24.3 Å². The Labute approximate surface area is 87.3 Å². The number of amides is 1. The van der Waals surface area contributed by atoms with E-state index in [0.29, 0.717) is 19.6 Å². The van der Waals surface area contributed by atoms with Gasteiger partial charge in [0.25, 0.3) is 5.91 Å². The number of rotatable bonds is 3. The summed E-state index contributed by atoms with van der Waals surface area (Å²) in [5.41, 5.74) is 1.69. The zero-order chi connectivity index (χ0) is 10.7. The lowest BCUT2D eigenvalue weighted by Crippen LogP contribution is -2.22. The Bertz CT molecular complexity index is 350. The standard InChI is InChI=1S/C10H12N2O3/c11-14-7-8-1-3-9(4-2-8)12-10(13)5-6-15-12/h1-4H,5-7,11H2. The second-order valence-electron chi connectivity index (χ2n) is 3.25. The van der Waals surface area contributed by atoms with E-state index in [1.54, 1.807) is 12.1 Å². The number of carbonyl (C=O) groups is 1. The van der Waals surface area contributed by atoms with Gasteiger partial charge in [-0.1, -0.05) is 12.1 Å². The highest BCUT2D eigenvalue weighted by Gasteiger charge is 2.22. The molecule has 0 atom stereocenters. The molecule has 5 heteroatoms. The topological polar surface area (TPSA) is 64.8 Å². The monoisotopic (exact) mass is 208 g/mol. The van der Waals surface area contributed by atoms with Gasteiger partial charge in [0.05, 0.1) is 25.3 Å². The highest BCUT2D eigenvalue weighted by Crippen LogP contribution is 2.20. The molecule has 0 saturated carbocycles. The first kappa shape index (κ1) is 10.1. The second-order valence-corrected chi connectivity index (χ2v) is 3.25. The maximum Gasteiger partial charge on any atom is 0.253 e. The maximum atomic E-state index is 11.3. The van der Waals surface area contributed by atoms with Crippen LogP contribution in [0, 0.1) is 0 Å². The molecule has 0 radical (unpaired) electrons. The molecule has 2 rings (SSSR count). The summed E-state index contributed by atoms with van der Waals surface area (Å²) in [4.78, 5) is 21.0. The van der Waals surface area contributed by atoms with Gasteiger partial charge in [0, 0.05) is 0 Å². The molecule has 1 fully saturated rings. The molecule has 2 N–H and O–H groups in total. The van der Waals surface area contributed by atoms with Crippen molar-refractivity contribution in [2.75, 3.05) is 11.7 Å². The number of nitrogens with two attached hydrogens (primary N) is 1. The van der Waals surface area contributed by atoms with Crippen molar-refractivity contribution in [1.29, 1.82) is 0 Å². The van der Waals surface area contributed by atoms with Crippen molar-refractivity contribution < 1.29 is 14.5 Å². The summed E-state index contributed by atoms with van der Waals surface area (Å²) in [5, 5.41) is 1.31. The van der Waals surface area contributed by atoms with E-state index in [1.165, 1.54) is 5.06 Å². The zero-order valence-corrected chi connectivity index (χ0v) is 8.18. The molecule has 1 aliphatic heterocycles. The predicted molar refractivity (Wildman–Crippen MR) is 53.5 cm³/mol. The molecule has 15 heavy (non-hydrogen) atoms. The van der Waals surface area contributed by atoms with Gasteiger partial charge >= 0.3 is 0 Å². The van der Waals surface area contributed by atoms with Gasteiger partial charge in [-0.15, -0.1) is 0 Å². The fourth-order valence-electron chi connectivity index (χ4n) is 1.44. The summed E-state index contributed by atoms with van der Waals surface area (Å²) in [6, 6.07) is 7.30. The number of hydroxylamine groups is 1. The number of benzene rings is 1. The quantitative estimate of drug-likeness (QED) is 0.744. The molecule has 1 amide bonds. The number of nitrogens with zero attached hydrogens (tertiary/aromatic N) is 1. The van der Waals surface area contributed by atoms with E-state index in [4.69, 9.17) is 10.7 Å². The van der Waals surface area contributed by atoms with Gasteiger partial charge in [0.15, 0.2) is 0 Å². The fourth-order valence-corrected chi connectivity index (χ4v) is 1.44. The van der Waals surface area contributed by atoms with Crippen LogP contribution in [0.5, 0.6) is 0 Å². The smallest absolute Gasteiger partial charge is 0.253 e. The third-order valence-corrected chi connectivity index (χ3v) is 2.18. The lowest BCUT2D eigenvalue weighted by Gasteiger charge is -2.13. The second kappa shape index (κ2) is 4.39. The Hall–Kier alpha value is -1.43. The highest BCUT2D eigenvalue weighted by molar-refractivity contribution is 5.92. The predicted octanol–water partition coefficient (Wildman–Crippen LogP) is 0.745. The van der Waals surface area contributed by atoms with Crippen LogP contribution in [0.3, 0.4) is 0 Å². The first-order valence-electron chi connectivity index (χ1n) is 4.68. The van der Waals surface area contributed by atoms with E-state index in [-0.39, 0.29) is 5.91 Å². The summed E-state index contributed by atoms with van der Waals surface area (Å²) in [7, 11) is 0. The molecule has 1 aromatic carbocycles. The lowest BCUT2D eigenvalue weighted by molar-refractivity contribution is -0.119. The Morgan fingerprint density at radius 2 is 2.13 bits per heavy atom. The maximum absolute atomic E-state index is 11.3. The Morgan fingerprint density at radius 3 is 2.67 bits per heavy atom. The average Bonchev–Trinajstić information content (AvgIpc) is 2.66. The SMILES string of the molecule is NOCc1ccc(N2OCCC2=O)cc1. The number of carbonyl (C=O) groups excluding carboxylic acids is 1. The molecule has 0 spiro atoms. The molecule has 5 nitrogen and oxygen atoms in total. The molecular weight excluding hydrogens is 196 g/mol. The van der Waals surface area contributed by atoms with E-state index < -0.39 is 0 Å². The van der Waals surface area contributed by atoms with Gasteiger partial charge in [-0.05, 0) is 17.7 Å². The lowest BCUT2D eigenvalue weighted by atomic mass is 10.2. The molecule has 0 aliphatic carbocycles. The van der Waals surface area contributed by atoms with Crippen molar-refractivity contribution in [1.82, 2.24) is 0 Å². The Kier molecular flexibility index (Phi) is 2.96. The van der Waals surface area contributed by atoms with Crippen molar-refractivity contribution in [3.63, 3.8) is 0 Å². The summed E-state index contributed by atoms with van der Waals surface area (Å²) < 4.78 is 0. The van der Waals surface area contributed by atoms with Crippen molar-refractivity contribution >= 4 is 11.6 Å². The molecule has 80 valence electrons. The molecule has 0 aromatic heterocycles. The normalized spacial score (nSPS) is 16.1. The van der Waals surface area contributed by atoms with Crippen LogP contribution >= 0.6 is 0 Å². The molecule has 0 unspecified atom stereocenters. The van der Waals surface area contributed by atoms with E-state index in [2.05, 4.69) is 4.84 Å². The molecule has 1 aromatic rings. The molecular formula is C10H12N2O3. The van der Waals surface area contributed by atoms with Crippen LogP contribution in [0.25, 0.3) is 0 Å². The molecule has 1 heterocycles. The van der Waals surface area contributed by atoms with Gasteiger partial charge in [0.1, 0.15) is 0 Å². The Morgan fingerprint density at radius 1 is 1.40 bits per heavy atom. The van der Waals surface area contributed by atoms with Crippen LogP contribution in [0.1, 0.15) is 12.0 Å². The van der Waals surface area contributed by atoms with Crippen molar-refractivity contribution in [3.8, 4) is 0 Å². The third kappa shape index (κ3) is 2.15. The van der Waals surface area contributed by atoms with Gasteiger partial charge in [-0.3, -0.25) is 14.5 Å². The van der Waals surface area contributed by atoms with Gasteiger partial charge in [0.2, 0.25) is 0 Å². The average molecular weight is 208 g/mol. The first-order valence-corrected chi connectivity index (χ1v) is 4.68. The molecule has 0 bridgehead atoms.